The number of hydrogen-bond donors (Lipinski definition) is 3. The minimum Gasteiger partial charge on any atom is -0.481 e. The Balaban J connectivity index is 1.75. The van der Waals surface area contributed by atoms with Crippen LogP contribution in [-0.2, 0) is 11.2 Å². The SMILES string of the molecule is NC(=O)N(CC(O)CN(CCCC(=O)O)C1CCCc2ccccc21)c1ccc(Br)cc1. The van der Waals surface area contributed by atoms with Crippen molar-refractivity contribution in [3.63, 3.8) is 0 Å². The third kappa shape index (κ3) is 6.54. The second-order valence-electron chi connectivity index (χ2n) is 8.18. The largest absolute Gasteiger partial charge is 0.481 e. The maximum Gasteiger partial charge on any atom is 0.319 e. The molecule has 1 aliphatic rings. The highest BCUT2D eigenvalue weighted by Crippen LogP contribution is 2.34. The van der Waals surface area contributed by atoms with Crippen LogP contribution in [0.4, 0.5) is 10.5 Å². The van der Waals surface area contributed by atoms with E-state index in [4.69, 9.17) is 10.8 Å². The Hall–Kier alpha value is -2.42. The van der Waals surface area contributed by atoms with Crippen LogP contribution in [0.3, 0.4) is 0 Å². The number of amides is 2. The van der Waals surface area contributed by atoms with Crippen LogP contribution >= 0.6 is 15.9 Å². The summed E-state index contributed by atoms with van der Waals surface area (Å²) in [6.07, 6.45) is 2.74. The number of anilines is 1. The number of carboxylic acids is 1. The van der Waals surface area contributed by atoms with E-state index in [0.29, 0.717) is 25.2 Å². The molecular formula is C24H30BrN3O4. The molecule has 32 heavy (non-hydrogen) atoms. The van der Waals surface area contributed by atoms with Gasteiger partial charge in [-0.1, -0.05) is 40.2 Å². The van der Waals surface area contributed by atoms with Crippen molar-refractivity contribution in [1.29, 1.82) is 0 Å². The highest BCUT2D eigenvalue weighted by atomic mass is 79.9. The molecule has 4 N–H and O–H groups in total. The smallest absolute Gasteiger partial charge is 0.319 e. The molecule has 0 aromatic heterocycles. The number of aliphatic hydroxyl groups excluding tert-OH is 1. The topological polar surface area (TPSA) is 107 Å². The lowest BCUT2D eigenvalue weighted by Gasteiger charge is -2.37. The van der Waals surface area contributed by atoms with E-state index in [0.717, 1.165) is 23.7 Å². The first-order chi connectivity index (χ1) is 15.3. The third-order valence-electron chi connectivity index (χ3n) is 5.86. The Morgan fingerprint density at radius 1 is 1.12 bits per heavy atom. The number of benzene rings is 2. The van der Waals surface area contributed by atoms with Gasteiger partial charge in [0, 0.05) is 29.2 Å². The maximum absolute atomic E-state index is 12.1. The standard InChI is InChI=1S/C24H30BrN3O4/c25-18-10-12-19(13-11-18)28(24(26)32)16-20(29)15-27(14-4-9-23(30)31)22-8-3-6-17-5-1-2-7-21(17)22/h1-2,5,7,10-13,20,22,29H,3-4,6,8-9,14-16H2,(H2,26,32)(H,30,31). The number of primary amides is 1. The van der Waals surface area contributed by atoms with Crippen molar-refractivity contribution in [2.75, 3.05) is 24.5 Å². The van der Waals surface area contributed by atoms with Gasteiger partial charge in [0.25, 0.3) is 0 Å². The molecule has 0 fully saturated rings. The van der Waals surface area contributed by atoms with Gasteiger partial charge in [-0.15, -0.1) is 0 Å². The number of carbonyl (C=O) groups is 2. The molecule has 0 radical (unpaired) electrons. The van der Waals surface area contributed by atoms with Crippen molar-refractivity contribution < 1.29 is 19.8 Å². The monoisotopic (exact) mass is 503 g/mol. The van der Waals surface area contributed by atoms with E-state index in [1.165, 1.54) is 16.0 Å². The molecule has 0 bridgehead atoms. The Morgan fingerprint density at radius 3 is 2.53 bits per heavy atom. The Bertz CT molecular complexity index is 922. The van der Waals surface area contributed by atoms with Crippen molar-refractivity contribution in [1.82, 2.24) is 4.90 Å². The lowest BCUT2D eigenvalue weighted by molar-refractivity contribution is -0.137. The first-order valence-corrected chi connectivity index (χ1v) is 11.7. The zero-order valence-corrected chi connectivity index (χ0v) is 19.6. The summed E-state index contributed by atoms with van der Waals surface area (Å²) < 4.78 is 0.881. The average molecular weight is 504 g/mol. The number of hydrogen-bond acceptors (Lipinski definition) is 4. The van der Waals surface area contributed by atoms with Gasteiger partial charge in [-0.05, 0) is 67.6 Å². The number of carbonyl (C=O) groups excluding carboxylic acids is 1. The summed E-state index contributed by atoms with van der Waals surface area (Å²) in [6, 6.07) is 14.9. The third-order valence-corrected chi connectivity index (χ3v) is 6.39. The number of fused-ring (bicyclic) bond motifs is 1. The minimum atomic E-state index is -0.843. The van der Waals surface area contributed by atoms with E-state index in [1.807, 2.05) is 24.3 Å². The molecule has 8 heteroatoms. The fourth-order valence-corrected chi connectivity index (χ4v) is 4.66. The van der Waals surface area contributed by atoms with Gasteiger partial charge in [0.1, 0.15) is 0 Å². The van der Waals surface area contributed by atoms with Crippen LogP contribution in [0.5, 0.6) is 0 Å². The first kappa shape index (κ1) is 24.2. The molecular weight excluding hydrogens is 474 g/mol. The lowest BCUT2D eigenvalue weighted by atomic mass is 9.86. The fraction of sp³-hybridized carbons (Fsp3) is 0.417. The molecule has 0 heterocycles. The van der Waals surface area contributed by atoms with Crippen molar-refractivity contribution in [3.8, 4) is 0 Å². The molecule has 0 saturated heterocycles. The van der Waals surface area contributed by atoms with Crippen LogP contribution in [0.25, 0.3) is 0 Å². The van der Waals surface area contributed by atoms with Crippen LogP contribution in [0.15, 0.2) is 53.0 Å². The van der Waals surface area contributed by atoms with Gasteiger partial charge >= 0.3 is 12.0 Å². The number of rotatable bonds is 10. The van der Waals surface area contributed by atoms with E-state index in [9.17, 15) is 14.7 Å². The molecule has 2 amide bonds. The molecule has 2 aromatic rings. The Morgan fingerprint density at radius 2 is 1.84 bits per heavy atom. The summed E-state index contributed by atoms with van der Waals surface area (Å²) in [6.45, 7) is 0.927. The van der Waals surface area contributed by atoms with Gasteiger partial charge in [-0.3, -0.25) is 14.6 Å². The Labute approximate surface area is 197 Å². The molecule has 0 saturated carbocycles. The number of aryl methyl sites for hydroxylation is 1. The molecule has 172 valence electrons. The quantitative estimate of drug-likeness (QED) is 0.455. The van der Waals surface area contributed by atoms with Gasteiger partial charge in [0.15, 0.2) is 0 Å². The molecule has 0 aliphatic heterocycles. The zero-order chi connectivity index (χ0) is 23.1. The van der Waals surface area contributed by atoms with Crippen molar-refractivity contribution >= 4 is 33.6 Å². The molecule has 2 unspecified atom stereocenters. The Kier molecular flexibility index (Phi) is 8.67. The van der Waals surface area contributed by atoms with Crippen LogP contribution < -0.4 is 10.6 Å². The predicted octanol–water partition coefficient (Wildman–Crippen LogP) is 3.94. The normalized spacial score (nSPS) is 16.4. The number of nitrogens with two attached hydrogens (primary N) is 1. The lowest BCUT2D eigenvalue weighted by Crippen LogP contribution is -2.46. The fourth-order valence-electron chi connectivity index (χ4n) is 4.40. The molecule has 2 atom stereocenters. The second kappa shape index (κ2) is 11.4. The second-order valence-corrected chi connectivity index (χ2v) is 9.09. The van der Waals surface area contributed by atoms with E-state index < -0.39 is 18.1 Å². The van der Waals surface area contributed by atoms with Crippen LogP contribution in [0.1, 0.15) is 42.9 Å². The first-order valence-electron chi connectivity index (χ1n) is 10.9. The van der Waals surface area contributed by atoms with E-state index in [2.05, 4.69) is 33.0 Å². The number of nitrogens with zero attached hydrogens (tertiary/aromatic N) is 2. The molecule has 1 aliphatic carbocycles. The van der Waals surface area contributed by atoms with Gasteiger partial charge in [0.05, 0.1) is 12.6 Å². The molecule has 0 spiro atoms. The summed E-state index contributed by atoms with van der Waals surface area (Å²) >= 11 is 3.37. The zero-order valence-electron chi connectivity index (χ0n) is 18.0. The summed E-state index contributed by atoms with van der Waals surface area (Å²) in [5.41, 5.74) is 8.74. The maximum atomic E-state index is 12.1. The van der Waals surface area contributed by atoms with Gasteiger partial charge < -0.3 is 15.9 Å². The number of aliphatic carboxylic acids is 1. The number of aliphatic hydroxyl groups is 1. The van der Waals surface area contributed by atoms with Gasteiger partial charge in [-0.2, -0.15) is 0 Å². The van der Waals surface area contributed by atoms with Crippen molar-refractivity contribution in [3.05, 3.63) is 64.1 Å². The summed E-state index contributed by atoms with van der Waals surface area (Å²) in [7, 11) is 0. The highest BCUT2D eigenvalue weighted by molar-refractivity contribution is 9.10. The van der Waals surface area contributed by atoms with Gasteiger partial charge in [-0.25, -0.2) is 4.79 Å². The number of urea groups is 1. The summed E-state index contributed by atoms with van der Waals surface area (Å²) in [5.74, 6) is -0.829. The number of carboxylic acid groups (broad SMARTS) is 1. The van der Waals surface area contributed by atoms with Crippen molar-refractivity contribution in [2.45, 2.75) is 44.2 Å². The van der Waals surface area contributed by atoms with Crippen molar-refractivity contribution in [2.24, 2.45) is 5.73 Å². The number of halogens is 1. The van der Waals surface area contributed by atoms with Crippen LogP contribution in [-0.4, -0.2) is 52.9 Å². The molecule has 3 rings (SSSR count). The van der Waals surface area contributed by atoms with E-state index in [1.54, 1.807) is 12.1 Å². The summed E-state index contributed by atoms with van der Waals surface area (Å²) in [5, 5.41) is 20.0. The molecule has 2 aromatic carbocycles. The average Bonchev–Trinajstić information content (AvgIpc) is 2.77. The van der Waals surface area contributed by atoms with Crippen LogP contribution in [0.2, 0.25) is 0 Å². The predicted molar refractivity (Wildman–Crippen MR) is 128 cm³/mol. The van der Waals surface area contributed by atoms with Crippen LogP contribution in [0, 0.1) is 0 Å². The highest BCUT2D eigenvalue weighted by Gasteiger charge is 2.28. The van der Waals surface area contributed by atoms with E-state index in [-0.39, 0.29) is 19.0 Å². The minimum absolute atomic E-state index is 0.0563. The van der Waals surface area contributed by atoms with E-state index >= 15 is 0 Å². The van der Waals surface area contributed by atoms with Gasteiger partial charge in [0.2, 0.25) is 0 Å². The summed E-state index contributed by atoms with van der Waals surface area (Å²) in [4.78, 5) is 26.6. The molecule has 7 nitrogen and oxygen atoms in total.